The van der Waals surface area contributed by atoms with E-state index in [0.29, 0.717) is 12.4 Å². The number of aromatic nitrogens is 1. The number of carbonyl (C=O) groups excluding carboxylic acids is 1. The SMILES string of the molecule is COc1cccc(-c2ccc3oc([C@H]4CCCN4C(=O)c4ccccc4C)nc3c2)c1. The lowest BCUT2D eigenvalue weighted by atomic mass is 10.1. The Labute approximate surface area is 181 Å². The van der Waals surface area contributed by atoms with Gasteiger partial charge in [0.1, 0.15) is 17.3 Å². The van der Waals surface area contributed by atoms with Gasteiger partial charge < -0.3 is 14.1 Å². The van der Waals surface area contributed by atoms with E-state index in [1.54, 1.807) is 7.11 Å². The highest BCUT2D eigenvalue weighted by molar-refractivity contribution is 5.96. The number of hydrogen-bond donors (Lipinski definition) is 0. The summed E-state index contributed by atoms with van der Waals surface area (Å²) in [5.74, 6) is 1.46. The predicted molar refractivity (Wildman–Crippen MR) is 120 cm³/mol. The highest BCUT2D eigenvalue weighted by Gasteiger charge is 2.34. The zero-order valence-corrected chi connectivity index (χ0v) is 17.7. The molecule has 1 aliphatic heterocycles. The van der Waals surface area contributed by atoms with Gasteiger partial charge in [-0.2, -0.15) is 0 Å². The number of hydrogen-bond acceptors (Lipinski definition) is 4. The van der Waals surface area contributed by atoms with Crippen LogP contribution in [0.5, 0.6) is 5.75 Å². The van der Waals surface area contributed by atoms with Crippen molar-refractivity contribution in [1.29, 1.82) is 0 Å². The van der Waals surface area contributed by atoms with E-state index in [4.69, 9.17) is 14.1 Å². The summed E-state index contributed by atoms with van der Waals surface area (Å²) in [5.41, 5.74) is 5.36. The lowest BCUT2D eigenvalue weighted by molar-refractivity contribution is 0.0716. The molecule has 0 saturated carbocycles. The van der Waals surface area contributed by atoms with E-state index in [1.807, 2.05) is 78.6 Å². The first-order chi connectivity index (χ1) is 15.1. The molecule has 1 amide bonds. The van der Waals surface area contributed by atoms with Gasteiger partial charge in [0.2, 0.25) is 5.89 Å². The number of ether oxygens (including phenoxy) is 1. The largest absolute Gasteiger partial charge is 0.497 e. The highest BCUT2D eigenvalue weighted by atomic mass is 16.5. The molecule has 156 valence electrons. The molecule has 2 heterocycles. The zero-order chi connectivity index (χ0) is 21.4. The fourth-order valence-corrected chi connectivity index (χ4v) is 4.30. The van der Waals surface area contributed by atoms with Gasteiger partial charge in [0.05, 0.1) is 7.11 Å². The van der Waals surface area contributed by atoms with Gasteiger partial charge in [0, 0.05) is 12.1 Å². The zero-order valence-electron chi connectivity index (χ0n) is 17.7. The van der Waals surface area contributed by atoms with Gasteiger partial charge in [0.15, 0.2) is 5.58 Å². The maximum Gasteiger partial charge on any atom is 0.254 e. The third-order valence-corrected chi connectivity index (χ3v) is 5.98. The number of benzene rings is 3. The number of aryl methyl sites for hydroxylation is 1. The van der Waals surface area contributed by atoms with Crippen LogP contribution in [0.1, 0.15) is 40.7 Å². The molecule has 0 radical (unpaired) electrons. The van der Waals surface area contributed by atoms with Gasteiger partial charge in [0.25, 0.3) is 5.91 Å². The minimum atomic E-state index is -0.139. The summed E-state index contributed by atoms with van der Waals surface area (Å²) in [6.45, 7) is 2.68. The first-order valence-electron chi connectivity index (χ1n) is 10.6. The second-order valence-corrected chi connectivity index (χ2v) is 7.94. The Morgan fingerprint density at radius 1 is 1.06 bits per heavy atom. The fourth-order valence-electron chi connectivity index (χ4n) is 4.30. The summed E-state index contributed by atoms with van der Waals surface area (Å²) in [5, 5.41) is 0. The standard InChI is InChI=1S/C26H24N2O3/c1-17-7-3-4-10-21(17)26(29)28-14-6-11-23(28)25-27-22-16-19(12-13-24(22)31-25)18-8-5-9-20(15-18)30-2/h3-5,7-10,12-13,15-16,23H,6,11,14H2,1-2H3/t23-/m1/s1. The Morgan fingerprint density at radius 2 is 1.90 bits per heavy atom. The Hall–Kier alpha value is -3.60. The first kappa shape index (κ1) is 19.4. The van der Waals surface area contributed by atoms with Crippen LogP contribution in [-0.2, 0) is 0 Å². The van der Waals surface area contributed by atoms with E-state index in [1.165, 1.54) is 0 Å². The van der Waals surface area contributed by atoms with E-state index in [2.05, 4.69) is 0 Å². The van der Waals surface area contributed by atoms with Crippen LogP contribution in [0.2, 0.25) is 0 Å². The van der Waals surface area contributed by atoms with Crippen LogP contribution in [0.4, 0.5) is 0 Å². The number of methoxy groups -OCH3 is 1. The number of nitrogens with zero attached hydrogens (tertiary/aromatic N) is 2. The molecule has 0 bridgehead atoms. The predicted octanol–water partition coefficient (Wildman–Crippen LogP) is 5.79. The maximum absolute atomic E-state index is 13.2. The normalized spacial score (nSPS) is 16.1. The molecule has 0 unspecified atom stereocenters. The number of oxazole rings is 1. The van der Waals surface area contributed by atoms with Crippen molar-refractivity contribution in [2.45, 2.75) is 25.8 Å². The van der Waals surface area contributed by atoms with Crippen molar-refractivity contribution in [2.24, 2.45) is 0 Å². The monoisotopic (exact) mass is 412 g/mol. The number of likely N-dealkylation sites (tertiary alicyclic amines) is 1. The van der Waals surface area contributed by atoms with Crippen LogP contribution in [0.25, 0.3) is 22.2 Å². The van der Waals surface area contributed by atoms with E-state index in [-0.39, 0.29) is 11.9 Å². The molecule has 1 saturated heterocycles. The van der Waals surface area contributed by atoms with Crippen molar-refractivity contribution >= 4 is 17.0 Å². The fraction of sp³-hybridized carbons (Fsp3) is 0.231. The summed E-state index contributed by atoms with van der Waals surface area (Å²) in [7, 11) is 1.66. The Balaban J connectivity index is 1.47. The molecule has 5 nitrogen and oxygen atoms in total. The molecule has 1 fully saturated rings. The topological polar surface area (TPSA) is 55.6 Å². The Kier molecular flexibility index (Phi) is 4.94. The molecular formula is C26H24N2O3. The summed E-state index contributed by atoms with van der Waals surface area (Å²) >= 11 is 0. The molecule has 0 N–H and O–H groups in total. The first-order valence-corrected chi connectivity index (χ1v) is 10.6. The van der Waals surface area contributed by atoms with Gasteiger partial charge in [-0.3, -0.25) is 4.79 Å². The van der Waals surface area contributed by atoms with Crippen LogP contribution >= 0.6 is 0 Å². The third-order valence-electron chi connectivity index (χ3n) is 5.98. The molecule has 0 aliphatic carbocycles. The molecule has 1 aliphatic rings. The van der Waals surface area contributed by atoms with E-state index >= 15 is 0 Å². The van der Waals surface area contributed by atoms with Crippen molar-refractivity contribution in [3.8, 4) is 16.9 Å². The molecule has 1 aromatic heterocycles. The molecular weight excluding hydrogens is 388 g/mol. The molecule has 31 heavy (non-hydrogen) atoms. The molecule has 0 spiro atoms. The maximum atomic E-state index is 13.2. The van der Waals surface area contributed by atoms with Gasteiger partial charge in [-0.15, -0.1) is 0 Å². The summed E-state index contributed by atoms with van der Waals surface area (Å²) in [6, 6.07) is 21.5. The lowest BCUT2D eigenvalue weighted by Gasteiger charge is -2.23. The highest BCUT2D eigenvalue weighted by Crippen LogP contribution is 2.35. The van der Waals surface area contributed by atoms with E-state index in [0.717, 1.165) is 51.9 Å². The molecule has 5 heteroatoms. The van der Waals surface area contributed by atoms with Crippen LogP contribution in [0.15, 0.2) is 71.1 Å². The minimum Gasteiger partial charge on any atom is -0.497 e. The average molecular weight is 412 g/mol. The van der Waals surface area contributed by atoms with Crippen LogP contribution in [0.3, 0.4) is 0 Å². The van der Waals surface area contributed by atoms with E-state index in [9.17, 15) is 4.79 Å². The van der Waals surface area contributed by atoms with Gasteiger partial charge >= 0.3 is 0 Å². The number of amides is 1. The van der Waals surface area contributed by atoms with E-state index < -0.39 is 0 Å². The van der Waals surface area contributed by atoms with Crippen LogP contribution in [0, 0.1) is 6.92 Å². The van der Waals surface area contributed by atoms with Crippen molar-refractivity contribution in [3.05, 3.63) is 83.7 Å². The summed E-state index contributed by atoms with van der Waals surface area (Å²) < 4.78 is 11.4. The van der Waals surface area contributed by atoms with Crippen LogP contribution < -0.4 is 4.74 Å². The van der Waals surface area contributed by atoms with Crippen molar-refractivity contribution in [2.75, 3.05) is 13.7 Å². The van der Waals surface area contributed by atoms with Crippen LogP contribution in [-0.4, -0.2) is 29.4 Å². The Bertz CT molecular complexity index is 1260. The Morgan fingerprint density at radius 3 is 2.74 bits per heavy atom. The number of rotatable bonds is 4. The summed E-state index contributed by atoms with van der Waals surface area (Å²) in [4.78, 5) is 19.9. The second-order valence-electron chi connectivity index (χ2n) is 7.94. The van der Waals surface area contributed by atoms with Crippen molar-refractivity contribution < 1.29 is 13.9 Å². The molecule has 5 rings (SSSR count). The van der Waals surface area contributed by atoms with Gasteiger partial charge in [-0.1, -0.05) is 36.4 Å². The quantitative estimate of drug-likeness (QED) is 0.426. The lowest BCUT2D eigenvalue weighted by Crippen LogP contribution is -2.31. The number of fused-ring (bicyclic) bond motifs is 1. The summed E-state index contributed by atoms with van der Waals surface area (Å²) in [6.07, 6.45) is 1.79. The van der Waals surface area contributed by atoms with Crippen molar-refractivity contribution in [1.82, 2.24) is 9.88 Å². The van der Waals surface area contributed by atoms with Crippen molar-refractivity contribution in [3.63, 3.8) is 0 Å². The molecule has 3 aromatic carbocycles. The molecule has 4 aromatic rings. The average Bonchev–Trinajstić information content (AvgIpc) is 3.45. The second kappa shape index (κ2) is 7.91. The van der Waals surface area contributed by atoms with Gasteiger partial charge in [-0.05, 0) is 66.8 Å². The minimum absolute atomic E-state index is 0.0416. The number of carbonyl (C=O) groups is 1. The third kappa shape index (κ3) is 3.56. The smallest absolute Gasteiger partial charge is 0.254 e. The molecule has 1 atom stereocenters. The van der Waals surface area contributed by atoms with Gasteiger partial charge in [-0.25, -0.2) is 4.98 Å².